The van der Waals surface area contributed by atoms with Crippen molar-refractivity contribution in [3.8, 4) is 11.5 Å². The molecule has 1 aromatic carbocycles. The van der Waals surface area contributed by atoms with Crippen LogP contribution >= 0.6 is 0 Å². The Morgan fingerprint density at radius 2 is 1.89 bits per heavy atom. The summed E-state index contributed by atoms with van der Waals surface area (Å²) in [5.41, 5.74) is 0.406. The zero-order valence-electron chi connectivity index (χ0n) is 10.6. The SMILES string of the molecule is COc1c(F)cc(F)c(C2CCCNC2)c1OC. The Bertz CT molecular complexity index is 431. The molecule has 0 saturated carbocycles. The van der Waals surface area contributed by atoms with Crippen LogP contribution in [0.4, 0.5) is 8.78 Å². The summed E-state index contributed by atoms with van der Waals surface area (Å²) in [4.78, 5) is 0. The number of hydrogen-bond acceptors (Lipinski definition) is 3. The van der Waals surface area contributed by atoms with Gasteiger partial charge in [0.2, 0.25) is 0 Å². The summed E-state index contributed by atoms with van der Waals surface area (Å²) in [5.74, 6) is -1.18. The number of rotatable bonds is 3. The molecule has 3 nitrogen and oxygen atoms in total. The third kappa shape index (κ3) is 2.27. The zero-order chi connectivity index (χ0) is 13.1. The average Bonchev–Trinajstić information content (AvgIpc) is 2.38. The van der Waals surface area contributed by atoms with Crippen LogP contribution in [0.1, 0.15) is 24.3 Å². The highest BCUT2D eigenvalue weighted by Gasteiger charge is 2.27. The van der Waals surface area contributed by atoms with Crippen LogP contribution in [0.3, 0.4) is 0 Å². The van der Waals surface area contributed by atoms with Gasteiger partial charge in [0, 0.05) is 24.1 Å². The predicted octanol–water partition coefficient (Wildman–Crippen LogP) is 2.45. The van der Waals surface area contributed by atoms with Crippen LogP contribution in [0.2, 0.25) is 0 Å². The van der Waals surface area contributed by atoms with Crippen LogP contribution in [0.25, 0.3) is 0 Å². The largest absolute Gasteiger partial charge is 0.492 e. The monoisotopic (exact) mass is 257 g/mol. The summed E-state index contributed by atoms with van der Waals surface area (Å²) < 4.78 is 37.7. The van der Waals surface area contributed by atoms with Crippen molar-refractivity contribution in [3.05, 3.63) is 23.3 Å². The maximum Gasteiger partial charge on any atom is 0.197 e. The van der Waals surface area contributed by atoms with Crippen molar-refractivity contribution in [3.63, 3.8) is 0 Å². The highest BCUT2D eigenvalue weighted by atomic mass is 19.1. The molecule has 18 heavy (non-hydrogen) atoms. The number of halogens is 2. The van der Waals surface area contributed by atoms with Gasteiger partial charge < -0.3 is 14.8 Å². The Kier molecular flexibility index (Phi) is 4.01. The molecule has 1 aliphatic heterocycles. The average molecular weight is 257 g/mol. The Labute approximate surface area is 105 Å². The van der Waals surface area contributed by atoms with Crippen molar-refractivity contribution >= 4 is 0 Å². The van der Waals surface area contributed by atoms with Crippen molar-refractivity contribution in [2.75, 3.05) is 27.3 Å². The number of methoxy groups -OCH3 is 2. The van der Waals surface area contributed by atoms with E-state index in [0.29, 0.717) is 12.1 Å². The third-order valence-electron chi connectivity index (χ3n) is 3.29. The van der Waals surface area contributed by atoms with Crippen LogP contribution < -0.4 is 14.8 Å². The van der Waals surface area contributed by atoms with Crippen molar-refractivity contribution in [2.45, 2.75) is 18.8 Å². The first-order valence-corrected chi connectivity index (χ1v) is 5.99. The molecule has 1 saturated heterocycles. The minimum atomic E-state index is -0.737. The van der Waals surface area contributed by atoms with Crippen LogP contribution in [0, 0.1) is 11.6 Å². The van der Waals surface area contributed by atoms with Crippen LogP contribution in [0.5, 0.6) is 11.5 Å². The summed E-state index contributed by atoms with van der Waals surface area (Å²) in [6.45, 7) is 1.60. The van der Waals surface area contributed by atoms with Gasteiger partial charge in [0.25, 0.3) is 0 Å². The summed E-state index contributed by atoms with van der Waals surface area (Å²) in [5, 5.41) is 3.21. The first kappa shape index (κ1) is 13.1. The minimum absolute atomic E-state index is 0.0109. The van der Waals surface area contributed by atoms with E-state index in [2.05, 4.69) is 5.32 Å². The summed E-state index contributed by atoms with van der Waals surface area (Å²) in [7, 11) is 2.75. The molecule has 0 spiro atoms. The highest BCUT2D eigenvalue weighted by Crippen LogP contribution is 2.41. The molecule has 1 N–H and O–H groups in total. The van der Waals surface area contributed by atoms with E-state index >= 15 is 0 Å². The van der Waals surface area contributed by atoms with Gasteiger partial charge in [0.15, 0.2) is 17.3 Å². The third-order valence-corrected chi connectivity index (χ3v) is 3.29. The molecule has 100 valence electrons. The second kappa shape index (κ2) is 5.52. The van der Waals surface area contributed by atoms with Crippen molar-refractivity contribution in [1.29, 1.82) is 0 Å². The van der Waals surface area contributed by atoms with Gasteiger partial charge in [-0.15, -0.1) is 0 Å². The van der Waals surface area contributed by atoms with E-state index in [1.807, 2.05) is 0 Å². The Morgan fingerprint density at radius 1 is 1.17 bits per heavy atom. The molecule has 0 amide bonds. The topological polar surface area (TPSA) is 30.5 Å². The maximum absolute atomic E-state index is 14.0. The van der Waals surface area contributed by atoms with Gasteiger partial charge in [-0.2, -0.15) is 0 Å². The minimum Gasteiger partial charge on any atom is -0.492 e. The van der Waals surface area contributed by atoms with Crippen molar-refractivity contribution < 1.29 is 18.3 Å². The quantitative estimate of drug-likeness (QED) is 0.902. The van der Waals surface area contributed by atoms with Crippen molar-refractivity contribution in [2.24, 2.45) is 0 Å². The second-order valence-corrected chi connectivity index (χ2v) is 4.36. The Balaban J connectivity index is 2.49. The van der Waals surface area contributed by atoms with Gasteiger partial charge in [0.1, 0.15) is 5.82 Å². The number of piperidine rings is 1. The van der Waals surface area contributed by atoms with Crippen LogP contribution in [-0.2, 0) is 0 Å². The fourth-order valence-electron chi connectivity index (χ4n) is 2.47. The fraction of sp³-hybridized carbons (Fsp3) is 0.538. The van der Waals surface area contributed by atoms with Gasteiger partial charge >= 0.3 is 0 Å². The van der Waals surface area contributed by atoms with Gasteiger partial charge in [-0.25, -0.2) is 8.78 Å². The predicted molar refractivity (Wildman–Crippen MR) is 64.3 cm³/mol. The van der Waals surface area contributed by atoms with E-state index in [1.165, 1.54) is 14.2 Å². The molecule has 5 heteroatoms. The standard InChI is InChI=1S/C13H17F2NO2/c1-17-12-10(15)6-9(14)11(13(12)18-2)8-4-3-5-16-7-8/h6,8,16H,3-5,7H2,1-2H3. The zero-order valence-corrected chi connectivity index (χ0v) is 10.6. The molecule has 1 aromatic rings. The van der Waals surface area contributed by atoms with Crippen LogP contribution in [-0.4, -0.2) is 27.3 Å². The molecule has 1 heterocycles. The maximum atomic E-state index is 14.0. The second-order valence-electron chi connectivity index (χ2n) is 4.36. The molecule has 2 rings (SSSR count). The van der Waals surface area contributed by atoms with Gasteiger partial charge in [0.05, 0.1) is 14.2 Å². The number of ether oxygens (including phenoxy) is 2. The molecule has 0 aromatic heterocycles. The lowest BCUT2D eigenvalue weighted by Crippen LogP contribution is -2.29. The van der Waals surface area contributed by atoms with E-state index < -0.39 is 11.6 Å². The molecule has 1 unspecified atom stereocenters. The lowest BCUT2D eigenvalue weighted by molar-refractivity contribution is 0.323. The lowest BCUT2D eigenvalue weighted by atomic mass is 9.90. The van der Waals surface area contributed by atoms with Crippen LogP contribution in [0.15, 0.2) is 6.07 Å². The summed E-state index contributed by atoms with van der Waals surface area (Å²) in [6.07, 6.45) is 1.82. The molecule has 1 atom stereocenters. The Hall–Kier alpha value is -1.36. The first-order valence-electron chi connectivity index (χ1n) is 5.99. The molecule has 0 radical (unpaired) electrons. The molecule has 1 fully saturated rings. The summed E-state index contributed by atoms with van der Waals surface area (Å²) in [6, 6.07) is 0.866. The summed E-state index contributed by atoms with van der Waals surface area (Å²) >= 11 is 0. The smallest absolute Gasteiger partial charge is 0.197 e. The lowest BCUT2D eigenvalue weighted by Gasteiger charge is -2.26. The molecular weight excluding hydrogens is 240 g/mol. The highest BCUT2D eigenvalue weighted by molar-refractivity contribution is 5.50. The fourth-order valence-corrected chi connectivity index (χ4v) is 2.47. The molecular formula is C13H17F2NO2. The van der Waals surface area contributed by atoms with E-state index in [-0.39, 0.29) is 17.4 Å². The number of benzene rings is 1. The van der Waals surface area contributed by atoms with E-state index in [0.717, 1.165) is 25.5 Å². The Morgan fingerprint density at radius 3 is 2.44 bits per heavy atom. The molecule has 1 aliphatic rings. The van der Waals surface area contributed by atoms with Gasteiger partial charge in [-0.1, -0.05) is 0 Å². The van der Waals surface area contributed by atoms with Gasteiger partial charge in [-0.3, -0.25) is 0 Å². The number of nitrogens with one attached hydrogen (secondary N) is 1. The number of hydrogen-bond donors (Lipinski definition) is 1. The van der Waals surface area contributed by atoms with E-state index in [4.69, 9.17) is 9.47 Å². The van der Waals surface area contributed by atoms with E-state index in [9.17, 15) is 8.78 Å². The van der Waals surface area contributed by atoms with E-state index in [1.54, 1.807) is 0 Å². The van der Waals surface area contributed by atoms with Gasteiger partial charge in [-0.05, 0) is 19.4 Å². The normalized spacial score (nSPS) is 19.7. The van der Waals surface area contributed by atoms with Crippen molar-refractivity contribution in [1.82, 2.24) is 5.32 Å². The molecule has 0 aliphatic carbocycles. The first-order chi connectivity index (χ1) is 8.69. The molecule has 0 bridgehead atoms.